The van der Waals surface area contributed by atoms with Gasteiger partial charge in [-0.3, -0.25) is 4.79 Å². The van der Waals surface area contributed by atoms with Crippen molar-refractivity contribution in [1.29, 1.82) is 0 Å². The second-order valence-corrected chi connectivity index (χ2v) is 7.61. The van der Waals surface area contributed by atoms with E-state index in [1.165, 1.54) is 0 Å². The number of carbonyl (C=O) groups is 1. The van der Waals surface area contributed by atoms with Gasteiger partial charge in [-0.15, -0.1) is 0 Å². The molecule has 0 unspecified atom stereocenters. The lowest BCUT2D eigenvalue weighted by molar-refractivity contribution is 0.0737. The first-order valence-electron chi connectivity index (χ1n) is 9.14. The Hall–Kier alpha value is -2.50. The Bertz CT molecular complexity index is 995. The van der Waals surface area contributed by atoms with Gasteiger partial charge in [0.2, 0.25) is 0 Å². The summed E-state index contributed by atoms with van der Waals surface area (Å²) in [5.74, 6) is -0.00163. The van der Waals surface area contributed by atoms with Gasteiger partial charge in [-0.05, 0) is 43.3 Å². The molecule has 3 aromatic rings. The first kappa shape index (κ1) is 18.8. The number of halogens is 2. The van der Waals surface area contributed by atoms with Crippen molar-refractivity contribution in [2.24, 2.45) is 0 Å². The van der Waals surface area contributed by atoms with Crippen molar-refractivity contribution in [2.75, 3.05) is 31.1 Å². The van der Waals surface area contributed by atoms with E-state index in [1.807, 2.05) is 60.4 Å². The van der Waals surface area contributed by atoms with E-state index in [0.29, 0.717) is 28.8 Å². The number of amides is 1. The fraction of sp³-hybridized carbons (Fsp3) is 0.238. The highest BCUT2D eigenvalue weighted by Crippen LogP contribution is 2.28. The van der Waals surface area contributed by atoms with Gasteiger partial charge in [0.25, 0.3) is 5.91 Å². The fourth-order valence-corrected chi connectivity index (χ4v) is 3.72. The zero-order chi connectivity index (χ0) is 19.7. The molecule has 4 rings (SSSR count). The summed E-state index contributed by atoms with van der Waals surface area (Å²) in [7, 11) is 0. The SMILES string of the molecule is Cc1cc(C(=O)N2CCN(c3ccc(Cl)c(Cl)c3)CC2)n(-c2ccccc2)n1. The minimum Gasteiger partial charge on any atom is -0.368 e. The average molecular weight is 415 g/mol. The van der Waals surface area contributed by atoms with Gasteiger partial charge < -0.3 is 9.80 Å². The number of hydrogen-bond acceptors (Lipinski definition) is 3. The Kier molecular flexibility index (Phi) is 5.29. The van der Waals surface area contributed by atoms with E-state index in [0.717, 1.165) is 30.2 Å². The smallest absolute Gasteiger partial charge is 0.272 e. The van der Waals surface area contributed by atoms with Crippen LogP contribution in [0.3, 0.4) is 0 Å². The molecule has 0 atom stereocenters. The standard InChI is InChI=1S/C21H20Cl2N4O/c1-15-13-20(27(24-15)16-5-3-2-4-6-16)21(28)26-11-9-25(10-12-26)17-7-8-18(22)19(23)14-17/h2-8,13-14H,9-12H2,1H3. The average Bonchev–Trinajstić information content (AvgIpc) is 3.12. The Morgan fingerprint density at radius 2 is 1.61 bits per heavy atom. The Morgan fingerprint density at radius 3 is 2.29 bits per heavy atom. The number of piperazine rings is 1. The van der Waals surface area contributed by atoms with Gasteiger partial charge in [-0.2, -0.15) is 5.10 Å². The number of carbonyl (C=O) groups excluding carboxylic acids is 1. The molecule has 2 heterocycles. The van der Waals surface area contributed by atoms with Crippen molar-refractivity contribution in [3.63, 3.8) is 0 Å². The second-order valence-electron chi connectivity index (χ2n) is 6.80. The van der Waals surface area contributed by atoms with Gasteiger partial charge in [0.1, 0.15) is 5.69 Å². The molecular formula is C21H20Cl2N4O. The number of aryl methyl sites for hydroxylation is 1. The zero-order valence-corrected chi connectivity index (χ0v) is 17.0. The predicted molar refractivity (Wildman–Crippen MR) is 113 cm³/mol. The monoisotopic (exact) mass is 414 g/mol. The largest absolute Gasteiger partial charge is 0.368 e. The van der Waals surface area contributed by atoms with E-state index < -0.39 is 0 Å². The summed E-state index contributed by atoms with van der Waals surface area (Å²) in [6.45, 7) is 4.65. The van der Waals surface area contributed by atoms with Gasteiger partial charge >= 0.3 is 0 Å². The van der Waals surface area contributed by atoms with Gasteiger partial charge in [0.05, 0.1) is 21.4 Å². The quantitative estimate of drug-likeness (QED) is 0.635. The van der Waals surface area contributed by atoms with E-state index in [9.17, 15) is 4.79 Å². The van der Waals surface area contributed by atoms with Gasteiger partial charge in [0.15, 0.2) is 0 Å². The normalized spacial score (nSPS) is 14.4. The minimum absolute atomic E-state index is 0.00163. The maximum atomic E-state index is 13.2. The van der Waals surface area contributed by atoms with Crippen LogP contribution in [0.4, 0.5) is 5.69 Å². The number of benzene rings is 2. The highest BCUT2D eigenvalue weighted by Gasteiger charge is 2.25. The maximum absolute atomic E-state index is 13.2. The highest BCUT2D eigenvalue weighted by molar-refractivity contribution is 6.42. The number of nitrogens with zero attached hydrogens (tertiary/aromatic N) is 4. The van der Waals surface area contributed by atoms with Crippen LogP contribution in [0.25, 0.3) is 5.69 Å². The van der Waals surface area contributed by atoms with Crippen LogP contribution < -0.4 is 4.90 Å². The molecule has 0 aliphatic carbocycles. The molecule has 2 aromatic carbocycles. The summed E-state index contributed by atoms with van der Waals surface area (Å²) >= 11 is 12.1. The van der Waals surface area contributed by atoms with Crippen LogP contribution in [0.2, 0.25) is 10.0 Å². The van der Waals surface area contributed by atoms with Crippen molar-refractivity contribution >= 4 is 34.8 Å². The third-order valence-corrected chi connectivity index (χ3v) is 5.63. The third-order valence-electron chi connectivity index (χ3n) is 4.89. The fourth-order valence-electron chi connectivity index (χ4n) is 3.43. The van der Waals surface area contributed by atoms with E-state index in [4.69, 9.17) is 23.2 Å². The molecule has 0 bridgehead atoms. The van der Waals surface area contributed by atoms with Crippen LogP contribution in [0.15, 0.2) is 54.6 Å². The Labute approximate surface area is 174 Å². The topological polar surface area (TPSA) is 41.4 Å². The Balaban J connectivity index is 1.50. The summed E-state index contributed by atoms with van der Waals surface area (Å²) < 4.78 is 1.73. The van der Waals surface area contributed by atoms with Crippen LogP contribution in [0, 0.1) is 6.92 Å². The molecule has 0 spiro atoms. The first-order valence-corrected chi connectivity index (χ1v) is 9.90. The van der Waals surface area contributed by atoms with Crippen LogP contribution in [-0.4, -0.2) is 46.8 Å². The van der Waals surface area contributed by atoms with Crippen molar-refractivity contribution < 1.29 is 4.79 Å². The molecule has 144 valence electrons. The van der Waals surface area contributed by atoms with Crippen molar-refractivity contribution in [3.8, 4) is 5.69 Å². The van der Waals surface area contributed by atoms with Crippen LogP contribution >= 0.6 is 23.2 Å². The molecule has 1 fully saturated rings. The van der Waals surface area contributed by atoms with Gasteiger partial charge in [-0.25, -0.2) is 4.68 Å². The molecular weight excluding hydrogens is 395 g/mol. The lowest BCUT2D eigenvalue weighted by Gasteiger charge is -2.36. The van der Waals surface area contributed by atoms with E-state index in [1.54, 1.807) is 10.7 Å². The van der Waals surface area contributed by atoms with Crippen molar-refractivity contribution in [2.45, 2.75) is 6.92 Å². The first-order chi connectivity index (χ1) is 13.5. The van der Waals surface area contributed by atoms with E-state index in [-0.39, 0.29) is 5.91 Å². The molecule has 1 aliphatic heterocycles. The second kappa shape index (κ2) is 7.86. The van der Waals surface area contributed by atoms with Crippen molar-refractivity contribution in [1.82, 2.24) is 14.7 Å². The Morgan fingerprint density at radius 1 is 0.893 bits per heavy atom. The van der Waals surface area contributed by atoms with Gasteiger partial charge in [-0.1, -0.05) is 41.4 Å². The van der Waals surface area contributed by atoms with Crippen molar-refractivity contribution in [3.05, 3.63) is 76.0 Å². The van der Waals surface area contributed by atoms with Crippen LogP contribution in [-0.2, 0) is 0 Å². The molecule has 1 aliphatic rings. The van der Waals surface area contributed by atoms with Crippen LogP contribution in [0.5, 0.6) is 0 Å². The minimum atomic E-state index is -0.00163. The summed E-state index contributed by atoms with van der Waals surface area (Å²) in [5.41, 5.74) is 3.31. The summed E-state index contributed by atoms with van der Waals surface area (Å²) in [4.78, 5) is 17.3. The lowest BCUT2D eigenvalue weighted by Crippen LogP contribution is -2.49. The number of hydrogen-bond donors (Lipinski definition) is 0. The molecule has 7 heteroatoms. The molecule has 0 radical (unpaired) electrons. The molecule has 1 amide bonds. The van der Waals surface area contributed by atoms with E-state index in [2.05, 4.69) is 10.00 Å². The molecule has 5 nitrogen and oxygen atoms in total. The van der Waals surface area contributed by atoms with Gasteiger partial charge in [0, 0.05) is 31.9 Å². The number of anilines is 1. The molecule has 0 N–H and O–H groups in total. The predicted octanol–water partition coefficient (Wildman–Crippen LogP) is 4.45. The number of rotatable bonds is 3. The zero-order valence-electron chi connectivity index (χ0n) is 15.5. The van der Waals surface area contributed by atoms with Crippen LogP contribution in [0.1, 0.15) is 16.2 Å². The molecule has 0 saturated carbocycles. The number of para-hydroxylation sites is 1. The summed E-state index contributed by atoms with van der Waals surface area (Å²) in [5, 5.41) is 5.60. The number of aromatic nitrogens is 2. The summed E-state index contributed by atoms with van der Waals surface area (Å²) in [6, 6.07) is 17.2. The highest BCUT2D eigenvalue weighted by atomic mass is 35.5. The molecule has 1 aromatic heterocycles. The molecule has 28 heavy (non-hydrogen) atoms. The van der Waals surface area contributed by atoms with E-state index >= 15 is 0 Å². The lowest BCUT2D eigenvalue weighted by atomic mass is 10.2. The summed E-state index contributed by atoms with van der Waals surface area (Å²) in [6.07, 6.45) is 0. The molecule has 1 saturated heterocycles. The maximum Gasteiger partial charge on any atom is 0.272 e. The third kappa shape index (κ3) is 3.73.